The number of aliphatic hydroxyl groups is 2. The lowest BCUT2D eigenvalue weighted by Crippen LogP contribution is -2.62. The molecule has 5 saturated carbocycles. The first kappa shape index (κ1) is 43.2. The van der Waals surface area contributed by atoms with E-state index >= 15 is 9.59 Å². The number of benzene rings is 3. The van der Waals surface area contributed by atoms with Crippen molar-refractivity contribution in [3.05, 3.63) is 107 Å². The molecule has 1 aliphatic heterocycles. The van der Waals surface area contributed by atoms with Crippen LogP contribution in [0.4, 0.5) is 0 Å². The SMILES string of the molecule is CC1=CCC[C@@]2(C)[C@@H](CC[C@@]2(O)CN(C[C@@H]2CC[C@H]3C[C@@H]2C3(C)C)C(=O)[C@@]23CC[C@@](C)(C(=O)O2)C3(C)C)c2ccc(cc2C(=O)c2ccccc2-c2ccccc2)C[C@@H](O)CC1. The standard InChI is InChI=1S/C55H69NO6/c1-35-14-13-26-52(6)45(42-24-20-36(30-40(57)23-19-35)31-44(42)47(58)43-18-12-11-17-41(43)37-15-9-8-10-16-37)25-27-54(52,61)34-56(33-38-21-22-39-32-46(38)50(39,2)3)48(59)55-29-28-53(7,49(60)62-55)51(55,4)5/h8-12,14-18,20,24,31,38-40,45-46,57,61H,13,19,21-23,25-30,32-34H2,1-7H3/t38-,39-,40-,45-,46-,52-,53-,54+,55+/m0/s1. The van der Waals surface area contributed by atoms with E-state index < -0.39 is 33.6 Å². The zero-order chi connectivity index (χ0) is 44.0. The summed E-state index contributed by atoms with van der Waals surface area (Å²) >= 11 is 0. The highest BCUT2D eigenvalue weighted by molar-refractivity contribution is 6.14. The van der Waals surface area contributed by atoms with E-state index in [1.807, 2.05) is 86.3 Å². The zero-order valence-corrected chi connectivity index (χ0v) is 38.3. The highest BCUT2D eigenvalue weighted by atomic mass is 16.6. The average Bonchev–Trinajstić information content (AvgIpc) is 3.69. The Balaban J connectivity index is 1.14. The molecular weight excluding hydrogens is 771 g/mol. The van der Waals surface area contributed by atoms with Crippen molar-refractivity contribution in [3.8, 4) is 11.1 Å². The zero-order valence-electron chi connectivity index (χ0n) is 38.3. The van der Waals surface area contributed by atoms with Crippen LogP contribution in [0.5, 0.6) is 0 Å². The number of nitrogens with zero attached hydrogens (tertiary/aromatic N) is 1. The number of ketones is 1. The van der Waals surface area contributed by atoms with Crippen LogP contribution >= 0.6 is 0 Å². The smallest absolute Gasteiger partial charge is 0.313 e. The molecule has 3 aromatic rings. The topological polar surface area (TPSA) is 104 Å². The van der Waals surface area contributed by atoms with Crippen molar-refractivity contribution in [2.45, 2.75) is 149 Å². The second kappa shape index (κ2) is 15.3. The van der Waals surface area contributed by atoms with Gasteiger partial charge in [0, 0.05) is 28.5 Å². The maximum absolute atomic E-state index is 15.6. The summed E-state index contributed by atoms with van der Waals surface area (Å²) in [5.41, 5.74) is 1.54. The molecule has 0 spiro atoms. The number of fused-ring (bicyclic) bond motifs is 12. The molecule has 0 aromatic heterocycles. The number of allylic oxidation sites excluding steroid dienone is 2. The van der Waals surface area contributed by atoms with Crippen LogP contribution in [-0.2, 0) is 20.7 Å². The second-order valence-electron chi connectivity index (χ2n) is 22.2. The lowest BCUT2D eigenvalue weighted by Gasteiger charge is -2.61. The van der Waals surface area contributed by atoms with Gasteiger partial charge in [0.05, 0.1) is 23.7 Å². The molecule has 9 atom stereocenters. The number of esters is 1. The predicted molar refractivity (Wildman–Crippen MR) is 243 cm³/mol. The van der Waals surface area contributed by atoms with Gasteiger partial charge in [0.1, 0.15) is 0 Å². The molecule has 6 fully saturated rings. The van der Waals surface area contributed by atoms with E-state index in [9.17, 15) is 15.0 Å². The highest BCUT2D eigenvalue weighted by Gasteiger charge is 2.76. The molecule has 62 heavy (non-hydrogen) atoms. The summed E-state index contributed by atoms with van der Waals surface area (Å²) in [5, 5.41) is 24.9. The van der Waals surface area contributed by atoms with Crippen LogP contribution in [0.3, 0.4) is 0 Å². The summed E-state index contributed by atoms with van der Waals surface area (Å²) in [7, 11) is 0. The van der Waals surface area contributed by atoms with Crippen molar-refractivity contribution in [1.29, 1.82) is 0 Å². The first-order chi connectivity index (χ1) is 29.3. The summed E-state index contributed by atoms with van der Waals surface area (Å²) in [6, 6.07) is 24.0. The van der Waals surface area contributed by atoms with Crippen LogP contribution in [0.15, 0.2) is 84.4 Å². The van der Waals surface area contributed by atoms with Crippen molar-refractivity contribution in [3.63, 3.8) is 0 Å². The summed E-state index contributed by atoms with van der Waals surface area (Å²) < 4.78 is 6.30. The van der Waals surface area contributed by atoms with Gasteiger partial charge in [0.15, 0.2) is 11.4 Å². The van der Waals surface area contributed by atoms with E-state index in [4.69, 9.17) is 4.74 Å². The van der Waals surface area contributed by atoms with E-state index in [0.29, 0.717) is 80.4 Å². The molecule has 6 bridgehead atoms. The van der Waals surface area contributed by atoms with Gasteiger partial charge >= 0.3 is 5.97 Å². The van der Waals surface area contributed by atoms with Crippen LogP contribution in [0, 0.1) is 39.4 Å². The number of hydrogen-bond donors (Lipinski definition) is 2. The molecule has 3 aromatic carbocycles. The summed E-state index contributed by atoms with van der Waals surface area (Å²) in [5.74, 6) is 0.800. The Bertz CT molecular complexity index is 2290. The minimum atomic E-state index is -1.30. The number of carbonyl (C=O) groups is 3. The minimum absolute atomic E-state index is 0.0689. The number of rotatable bonds is 8. The molecule has 7 aliphatic carbocycles. The third kappa shape index (κ3) is 6.52. The lowest BCUT2D eigenvalue weighted by atomic mass is 9.45. The quantitative estimate of drug-likeness (QED) is 0.133. The molecule has 1 amide bonds. The Morgan fingerprint density at radius 1 is 0.839 bits per heavy atom. The van der Waals surface area contributed by atoms with Gasteiger partial charge in [-0.1, -0.05) is 113 Å². The average molecular weight is 840 g/mol. The van der Waals surface area contributed by atoms with Crippen molar-refractivity contribution in [1.82, 2.24) is 4.90 Å². The predicted octanol–water partition coefficient (Wildman–Crippen LogP) is 10.6. The molecule has 8 aliphatic rings. The first-order valence-electron chi connectivity index (χ1n) is 23.8. The van der Waals surface area contributed by atoms with Gasteiger partial charge < -0.3 is 19.8 Å². The van der Waals surface area contributed by atoms with E-state index in [2.05, 4.69) is 45.9 Å². The van der Waals surface area contributed by atoms with Gasteiger partial charge in [0.25, 0.3) is 5.91 Å². The molecule has 0 unspecified atom stereocenters. The van der Waals surface area contributed by atoms with Gasteiger partial charge in [-0.15, -0.1) is 0 Å². The summed E-state index contributed by atoms with van der Waals surface area (Å²) in [6.45, 7) is 15.8. The minimum Gasteiger partial charge on any atom is -0.448 e. The Morgan fingerprint density at radius 3 is 2.27 bits per heavy atom. The van der Waals surface area contributed by atoms with Crippen molar-refractivity contribution >= 4 is 17.7 Å². The third-order valence-corrected chi connectivity index (χ3v) is 18.8. The molecule has 1 heterocycles. The highest BCUT2D eigenvalue weighted by Crippen LogP contribution is 2.67. The van der Waals surface area contributed by atoms with Gasteiger partial charge in [-0.05, 0) is 148 Å². The fourth-order valence-corrected chi connectivity index (χ4v) is 13.9. The molecule has 7 nitrogen and oxygen atoms in total. The molecule has 330 valence electrons. The van der Waals surface area contributed by atoms with Crippen molar-refractivity contribution in [2.24, 2.45) is 39.4 Å². The van der Waals surface area contributed by atoms with Crippen LogP contribution in [0.2, 0.25) is 0 Å². The number of carbonyl (C=O) groups excluding carboxylic acids is 3. The van der Waals surface area contributed by atoms with E-state index in [1.54, 1.807) is 0 Å². The number of amides is 1. The molecule has 11 rings (SSSR count). The number of hydrogen-bond acceptors (Lipinski definition) is 6. The van der Waals surface area contributed by atoms with E-state index in [0.717, 1.165) is 47.9 Å². The number of ether oxygens (including phenoxy) is 1. The molecule has 0 radical (unpaired) electrons. The fourth-order valence-electron chi connectivity index (χ4n) is 13.9. The Labute approximate surface area is 369 Å². The lowest BCUT2D eigenvalue weighted by molar-refractivity contribution is -0.181. The van der Waals surface area contributed by atoms with E-state index in [1.165, 1.54) is 12.0 Å². The largest absolute Gasteiger partial charge is 0.448 e. The summed E-state index contributed by atoms with van der Waals surface area (Å²) in [6.07, 6.45) is 10.5. The second-order valence-corrected chi connectivity index (χ2v) is 22.2. The molecule has 7 heteroatoms. The normalized spacial score (nSPS) is 35.6. The maximum atomic E-state index is 15.6. The van der Waals surface area contributed by atoms with Gasteiger partial charge in [-0.25, -0.2) is 0 Å². The molecular formula is C55H69NO6. The monoisotopic (exact) mass is 840 g/mol. The maximum Gasteiger partial charge on any atom is 0.313 e. The molecule has 2 N–H and O–H groups in total. The van der Waals surface area contributed by atoms with Gasteiger partial charge in [-0.2, -0.15) is 0 Å². The van der Waals surface area contributed by atoms with Crippen molar-refractivity contribution < 1.29 is 29.3 Å². The van der Waals surface area contributed by atoms with Crippen LogP contribution in [0.1, 0.15) is 152 Å². The fraction of sp³-hybridized carbons (Fsp3) is 0.582. The first-order valence-corrected chi connectivity index (χ1v) is 23.8. The summed E-state index contributed by atoms with van der Waals surface area (Å²) in [4.78, 5) is 46.5. The Morgan fingerprint density at radius 2 is 1.58 bits per heavy atom. The van der Waals surface area contributed by atoms with Crippen LogP contribution in [-0.4, -0.2) is 63.2 Å². The van der Waals surface area contributed by atoms with Crippen LogP contribution in [0.25, 0.3) is 11.1 Å². The van der Waals surface area contributed by atoms with Crippen molar-refractivity contribution in [2.75, 3.05) is 13.1 Å². The molecule has 1 saturated heterocycles. The van der Waals surface area contributed by atoms with E-state index in [-0.39, 0.29) is 35.5 Å². The Kier molecular flexibility index (Phi) is 10.7. The van der Waals surface area contributed by atoms with Gasteiger partial charge in [0.2, 0.25) is 0 Å². The number of aliphatic hydroxyl groups excluding tert-OH is 1. The third-order valence-electron chi connectivity index (χ3n) is 18.8. The Hall–Kier alpha value is -4.07. The van der Waals surface area contributed by atoms with Gasteiger partial charge in [-0.3, -0.25) is 14.4 Å². The van der Waals surface area contributed by atoms with Crippen LogP contribution < -0.4 is 0 Å².